The number of hydrogen-bond donors (Lipinski definition) is 0. The van der Waals surface area contributed by atoms with Crippen LogP contribution in [0.25, 0.3) is 0 Å². The maximum Gasteiger partial charge on any atom is 0.128 e. The Morgan fingerprint density at radius 2 is 2.18 bits per heavy atom. The van der Waals surface area contributed by atoms with E-state index in [9.17, 15) is 0 Å². The minimum atomic E-state index is 0.724. The highest BCUT2D eigenvalue weighted by atomic mass is 79.9. The summed E-state index contributed by atoms with van der Waals surface area (Å²) in [5.74, 6) is 1.81. The monoisotopic (exact) mass is 298 g/mol. The smallest absolute Gasteiger partial charge is 0.128 e. The number of pyridine rings is 1. The van der Waals surface area contributed by atoms with Gasteiger partial charge in [-0.2, -0.15) is 0 Å². The summed E-state index contributed by atoms with van der Waals surface area (Å²) in [6, 6.07) is 4.13. The summed E-state index contributed by atoms with van der Waals surface area (Å²) in [4.78, 5) is 6.79. The van der Waals surface area contributed by atoms with Crippen LogP contribution >= 0.6 is 15.9 Å². The quantitative estimate of drug-likeness (QED) is 0.854. The number of halogens is 1. The third kappa shape index (κ3) is 3.68. The average molecular weight is 299 g/mol. The predicted octanol–water partition coefficient (Wildman–Crippen LogP) is 3.10. The van der Waals surface area contributed by atoms with Crippen LogP contribution in [0.5, 0.6) is 0 Å². The summed E-state index contributed by atoms with van der Waals surface area (Å²) in [7, 11) is 0. The molecule has 0 aromatic carbocycles. The van der Waals surface area contributed by atoms with E-state index in [0.29, 0.717) is 0 Å². The van der Waals surface area contributed by atoms with Gasteiger partial charge in [-0.3, -0.25) is 0 Å². The van der Waals surface area contributed by atoms with Crippen molar-refractivity contribution in [2.24, 2.45) is 5.92 Å². The van der Waals surface area contributed by atoms with Crippen LogP contribution in [-0.2, 0) is 4.74 Å². The van der Waals surface area contributed by atoms with Gasteiger partial charge in [-0.15, -0.1) is 0 Å². The number of aromatic nitrogens is 1. The summed E-state index contributed by atoms with van der Waals surface area (Å²) in [6.07, 6.45) is 4.27. The third-order valence-corrected chi connectivity index (χ3v) is 3.68. The molecule has 0 atom stereocenters. The number of piperidine rings is 1. The van der Waals surface area contributed by atoms with E-state index in [2.05, 4.69) is 44.9 Å². The fourth-order valence-corrected chi connectivity index (χ4v) is 2.40. The van der Waals surface area contributed by atoms with E-state index < -0.39 is 0 Å². The van der Waals surface area contributed by atoms with Crippen LogP contribution in [-0.4, -0.2) is 31.3 Å². The van der Waals surface area contributed by atoms with E-state index in [1.54, 1.807) is 0 Å². The van der Waals surface area contributed by atoms with E-state index >= 15 is 0 Å². The van der Waals surface area contributed by atoms with Crippen LogP contribution in [0.1, 0.15) is 19.8 Å². The first-order chi connectivity index (χ1) is 8.29. The second-order valence-electron chi connectivity index (χ2n) is 4.42. The standard InChI is InChI=1S/C13H19BrN2O/c1-2-17-10-11-5-7-16(8-6-11)13-4-3-12(14)9-15-13/h3-4,9,11H,2,5-8,10H2,1H3. The van der Waals surface area contributed by atoms with Crippen molar-refractivity contribution in [2.75, 3.05) is 31.2 Å². The predicted molar refractivity (Wildman–Crippen MR) is 73.4 cm³/mol. The molecule has 1 aliphatic heterocycles. The lowest BCUT2D eigenvalue weighted by molar-refractivity contribution is 0.100. The maximum atomic E-state index is 5.49. The van der Waals surface area contributed by atoms with Crippen LogP contribution in [0, 0.1) is 5.92 Å². The van der Waals surface area contributed by atoms with Crippen LogP contribution in [0.4, 0.5) is 5.82 Å². The molecular weight excluding hydrogens is 280 g/mol. The summed E-state index contributed by atoms with van der Waals surface area (Å²) in [6.45, 7) is 5.98. The van der Waals surface area contributed by atoms with Crippen molar-refractivity contribution in [2.45, 2.75) is 19.8 Å². The molecule has 1 saturated heterocycles. The van der Waals surface area contributed by atoms with Gasteiger partial charge in [-0.25, -0.2) is 4.98 Å². The van der Waals surface area contributed by atoms with Crippen molar-refractivity contribution in [3.8, 4) is 0 Å². The molecule has 2 rings (SSSR count). The molecular formula is C13H19BrN2O. The molecule has 2 heterocycles. The Kier molecular flexibility index (Phi) is 4.80. The van der Waals surface area contributed by atoms with Crippen molar-refractivity contribution >= 4 is 21.7 Å². The molecule has 0 radical (unpaired) electrons. The molecule has 0 unspecified atom stereocenters. The molecule has 94 valence electrons. The molecule has 0 spiro atoms. The second-order valence-corrected chi connectivity index (χ2v) is 5.34. The first-order valence-electron chi connectivity index (χ1n) is 6.24. The van der Waals surface area contributed by atoms with E-state index in [1.165, 1.54) is 12.8 Å². The van der Waals surface area contributed by atoms with Crippen LogP contribution in [0.3, 0.4) is 0 Å². The molecule has 0 saturated carbocycles. The summed E-state index contributed by atoms with van der Waals surface area (Å²) >= 11 is 3.41. The van der Waals surface area contributed by atoms with Crippen molar-refractivity contribution in [1.82, 2.24) is 4.98 Å². The fourth-order valence-electron chi connectivity index (χ4n) is 2.17. The topological polar surface area (TPSA) is 25.4 Å². The number of hydrogen-bond acceptors (Lipinski definition) is 3. The van der Waals surface area contributed by atoms with Gasteiger partial charge in [-0.1, -0.05) is 0 Å². The Bertz CT molecular complexity index is 334. The van der Waals surface area contributed by atoms with Gasteiger partial charge in [0.05, 0.1) is 0 Å². The molecule has 0 aliphatic carbocycles. The lowest BCUT2D eigenvalue weighted by Crippen LogP contribution is -2.35. The number of nitrogens with zero attached hydrogens (tertiary/aromatic N) is 2. The molecule has 0 amide bonds. The van der Waals surface area contributed by atoms with Gasteiger partial charge in [0.2, 0.25) is 0 Å². The lowest BCUT2D eigenvalue weighted by Gasteiger charge is -2.32. The van der Waals surface area contributed by atoms with E-state index in [0.717, 1.165) is 42.5 Å². The Morgan fingerprint density at radius 3 is 2.76 bits per heavy atom. The largest absolute Gasteiger partial charge is 0.381 e. The summed E-state index contributed by atoms with van der Waals surface area (Å²) in [5.41, 5.74) is 0. The van der Waals surface area contributed by atoms with Crippen LogP contribution in [0.2, 0.25) is 0 Å². The molecule has 0 N–H and O–H groups in total. The SMILES string of the molecule is CCOCC1CCN(c2ccc(Br)cn2)CC1. The Balaban J connectivity index is 1.84. The Morgan fingerprint density at radius 1 is 1.41 bits per heavy atom. The van der Waals surface area contributed by atoms with Crippen LogP contribution < -0.4 is 4.90 Å². The number of rotatable bonds is 4. The number of ether oxygens (including phenoxy) is 1. The van der Waals surface area contributed by atoms with Crippen LogP contribution in [0.15, 0.2) is 22.8 Å². The van der Waals surface area contributed by atoms with Gasteiger partial charge in [0.1, 0.15) is 5.82 Å². The van der Waals surface area contributed by atoms with Gasteiger partial charge in [0, 0.05) is 37.0 Å². The van der Waals surface area contributed by atoms with E-state index in [-0.39, 0.29) is 0 Å². The van der Waals surface area contributed by atoms with Gasteiger partial charge < -0.3 is 9.64 Å². The van der Waals surface area contributed by atoms with Crippen molar-refractivity contribution in [3.05, 3.63) is 22.8 Å². The molecule has 1 aliphatic rings. The minimum Gasteiger partial charge on any atom is -0.381 e. The maximum absolute atomic E-state index is 5.49. The molecule has 0 bridgehead atoms. The fraction of sp³-hybridized carbons (Fsp3) is 0.615. The normalized spacial score (nSPS) is 17.4. The molecule has 1 fully saturated rings. The summed E-state index contributed by atoms with van der Waals surface area (Å²) in [5, 5.41) is 0. The second kappa shape index (κ2) is 6.36. The van der Waals surface area contributed by atoms with Gasteiger partial charge in [0.25, 0.3) is 0 Å². The molecule has 1 aromatic heterocycles. The molecule has 4 heteroatoms. The lowest BCUT2D eigenvalue weighted by atomic mass is 9.98. The first kappa shape index (κ1) is 12.8. The molecule has 17 heavy (non-hydrogen) atoms. The zero-order valence-corrected chi connectivity index (χ0v) is 11.8. The highest BCUT2D eigenvalue weighted by Gasteiger charge is 2.19. The number of anilines is 1. The van der Waals surface area contributed by atoms with Gasteiger partial charge >= 0.3 is 0 Å². The molecule has 1 aromatic rings. The first-order valence-corrected chi connectivity index (χ1v) is 7.03. The zero-order valence-electron chi connectivity index (χ0n) is 10.2. The van der Waals surface area contributed by atoms with Crippen molar-refractivity contribution in [1.29, 1.82) is 0 Å². The average Bonchev–Trinajstić information content (AvgIpc) is 2.38. The minimum absolute atomic E-state index is 0.724. The van der Waals surface area contributed by atoms with Crippen molar-refractivity contribution < 1.29 is 4.74 Å². The molecule has 3 nitrogen and oxygen atoms in total. The van der Waals surface area contributed by atoms with E-state index in [4.69, 9.17) is 4.74 Å². The van der Waals surface area contributed by atoms with Gasteiger partial charge in [0.15, 0.2) is 0 Å². The zero-order chi connectivity index (χ0) is 12.1. The highest BCUT2D eigenvalue weighted by molar-refractivity contribution is 9.10. The Labute approximate surface area is 111 Å². The highest BCUT2D eigenvalue weighted by Crippen LogP contribution is 2.22. The third-order valence-electron chi connectivity index (χ3n) is 3.21. The van der Waals surface area contributed by atoms with E-state index in [1.807, 2.05) is 6.20 Å². The summed E-state index contributed by atoms with van der Waals surface area (Å²) < 4.78 is 6.52. The van der Waals surface area contributed by atoms with Gasteiger partial charge in [-0.05, 0) is 53.7 Å². The van der Waals surface area contributed by atoms with Crippen molar-refractivity contribution in [3.63, 3.8) is 0 Å². The Hall–Kier alpha value is -0.610.